The molecule has 4 N–H and O–H groups in total. The van der Waals surface area contributed by atoms with Crippen LogP contribution in [0, 0.1) is 0 Å². The van der Waals surface area contributed by atoms with Gasteiger partial charge in [-0.15, -0.1) is 0 Å². The van der Waals surface area contributed by atoms with Gasteiger partial charge < -0.3 is 16.2 Å². The largest absolute Gasteiger partial charge is 0.483 e. The summed E-state index contributed by atoms with van der Waals surface area (Å²) in [5, 5.41) is 10.2. The molecule has 0 aliphatic carbocycles. The second-order valence-corrected chi connectivity index (χ2v) is 6.95. The summed E-state index contributed by atoms with van der Waals surface area (Å²) in [6.45, 7) is 4.92. The molecule has 0 amide bonds. The lowest BCUT2D eigenvalue weighted by atomic mass is 10.0. The van der Waals surface area contributed by atoms with E-state index < -0.39 is 0 Å². The maximum Gasteiger partial charge on any atom is 0.290 e. The van der Waals surface area contributed by atoms with E-state index >= 15 is 0 Å². The van der Waals surface area contributed by atoms with Crippen LogP contribution in [0.25, 0.3) is 0 Å². The van der Waals surface area contributed by atoms with Crippen molar-refractivity contribution in [1.82, 2.24) is 5.32 Å². The number of carboxylic acid groups (broad SMARTS) is 1. The summed E-state index contributed by atoms with van der Waals surface area (Å²) < 4.78 is 0. The molecule has 0 aromatic heterocycles. The fourth-order valence-electron chi connectivity index (χ4n) is 3.03. The molecule has 0 aliphatic heterocycles. The molecule has 25 heavy (non-hydrogen) atoms. The molecule has 0 rings (SSSR count). The Bertz CT molecular complexity index is 206. The molecule has 0 spiro atoms. The average molecular weight is 359 g/mol. The van der Waals surface area contributed by atoms with Crippen LogP contribution in [-0.2, 0) is 4.79 Å². The standard InChI is InChI=1S/C20H44N2.CH2O2/c1-2-3-4-5-6-7-8-9-10-11-12-13-14-15-16-17-19-22-20-18-21;2-1-3/h22H,2-21H2,1H3;1H,(H,2,3). The van der Waals surface area contributed by atoms with Crippen molar-refractivity contribution in [3.8, 4) is 0 Å². The molecule has 0 radical (unpaired) electrons. The fourth-order valence-corrected chi connectivity index (χ4v) is 3.03. The average Bonchev–Trinajstić information content (AvgIpc) is 2.61. The highest BCUT2D eigenvalue weighted by Crippen LogP contribution is 2.13. The summed E-state index contributed by atoms with van der Waals surface area (Å²) in [6, 6.07) is 0. The lowest BCUT2D eigenvalue weighted by Gasteiger charge is -2.04. The van der Waals surface area contributed by atoms with E-state index in [-0.39, 0.29) is 6.47 Å². The van der Waals surface area contributed by atoms with Crippen LogP contribution in [0.4, 0.5) is 0 Å². The van der Waals surface area contributed by atoms with Crippen LogP contribution in [0.2, 0.25) is 0 Å². The molecule has 0 aliphatic rings. The normalized spacial score (nSPS) is 10.3. The van der Waals surface area contributed by atoms with Gasteiger partial charge in [-0.2, -0.15) is 0 Å². The van der Waals surface area contributed by atoms with Gasteiger partial charge in [0.2, 0.25) is 0 Å². The van der Waals surface area contributed by atoms with Crippen LogP contribution in [0.15, 0.2) is 0 Å². The third-order valence-electron chi connectivity index (χ3n) is 4.53. The van der Waals surface area contributed by atoms with E-state index in [4.69, 9.17) is 15.6 Å². The predicted octanol–water partition coefficient (Wildman–Crippen LogP) is 5.50. The highest BCUT2D eigenvalue weighted by molar-refractivity contribution is 5.32. The van der Waals surface area contributed by atoms with Crippen LogP contribution in [-0.4, -0.2) is 31.2 Å². The van der Waals surface area contributed by atoms with Crippen molar-refractivity contribution in [2.75, 3.05) is 19.6 Å². The molecule has 0 aromatic rings. The number of unbranched alkanes of at least 4 members (excludes halogenated alkanes) is 15. The number of rotatable bonds is 19. The van der Waals surface area contributed by atoms with Gasteiger partial charge in [0.1, 0.15) is 0 Å². The zero-order valence-electron chi connectivity index (χ0n) is 16.9. The number of hydrogen-bond donors (Lipinski definition) is 3. The Balaban J connectivity index is 0. The molecular formula is C21H46N2O2. The topological polar surface area (TPSA) is 75.3 Å². The lowest BCUT2D eigenvalue weighted by molar-refractivity contribution is -0.122. The van der Waals surface area contributed by atoms with Crippen LogP contribution >= 0.6 is 0 Å². The Morgan fingerprint density at radius 2 is 1.00 bits per heavy atom. The molecule has 152 valence electrons. The summed E-state index contributed by atoms with van der Waals surface area (Å²) in [5.74, 6) is 0. The van der Waals surface area contributed by atoms with Crippen molar-refractivity contribution in [3.05, 3.63) is 0 Å². The molecule has 4 nitrogen and oxygen atoms in total. The van der Waals surface area contributed by atoms with Gasteiger partial charge in [0.25, 0.3) is 6.47 Å². The predicted molar refractivity (Wildman–Crippen MR) is 110 cm³/mol. The molecule has 0 bridgehead atoms. The number of nitrogens with two attached hydrogens (primary N) is 1. The van der Waals surface area contributed by atoms with E-state index in [1.807, 2.05) is 0 Å². The van der Waals surface area contributed by atoms with E-state index in [9.17, 15) is 0 Å². The molecule has 0 unspecified atom stereocenters. The smallest absolute Gasteiger partial charge is 0.290 e. The zero-order chi connectivity index (χ0) is 18.8. The van der Waals surface area contributed by atoms with E-state index in [0.29, 0.717) is 0 Å². The number of hydrogen-bond acceptors (Lipinski definition) is 3. The first-order valence-corrected chi connectivity index (χ1v) is 10.8. The molecule has 0 aromatic carbocycles. The van der Waals surface area contributed by atoms with Crippen molar-refractivity contribution in [2.24, 2.45) is 5.73 Å². The van der Waals surface area contributed by atoms with E-state index in [1.54, 1.807) is 0 Å². The van der Waals surface area contributed by atoms with Crippen LogP contribution < -0.4 is 11.1 Å². The summed E-state index contributed by atoms with van der Waals surface area (Å²) >= 11 is 0. The van der Waals surface area contributed by atoms with Gasteiger partial charge in [-0.05, 0) is 13.0 Å². The second kappa shape index (κ2) is 28.2. The first-order valence-electron chi connectivity index (χ1n) is 10.8. The van der Waals surface area contributed by atoms with Gasteiger partial charge in [0, 0.05) is 13.1 Å². The van der Waals surface area contributed by atoms with Gasteiger partial charge in [0.05, 0.1) is 0 Å². The van der Waals surface area contributed by atoms with E-state index in [1.165, 1.54) is 103 Å². The van der Waals surface area contributed by atoms with Crippen molar-refractivity contribution in [2.45, 2.75) is 110 Å². The van der Waals surface area contributed by atoms with Crippen LogP contribution in [0.5, 0.6) is 0 Å². The minimum Gasteiger partial charge on any atom is -0.483 e. The third-order valence-corrected chi connectivity index (χ3v) is 4.53. The molecule has 4 heteroatoms. The SMILES string of the molecule is CCCCCCCCCCCCCCCCCCNCCN.O=CO. The Morgan fingerprint density at radius 3 is 1.32 bits per heavy atom. The molecule has 0 atom stereocenters. The van der Waals surface area contributed by atoms with Gasteiger partial charge in [-0.1, -0.05) is 103 Å². The first-order chi connectivity index (χ1) is 12.3. The van der Waals surface area contributed by atoms with Gasteiger partial charge in [-0.3, -0.25) is 4.79 Å². The fraction of sp³-hybridized carbons (Fsp3) is 0.952. The van der Waals surface area contributed by atoms with Gasteiger partial charge in [-0.25, -0.2) is 0 Å². The first kappa shape index (κ1) is 26.6. The minimum absolute atomic E-state index is 0.250. The number of carbonyl (C=O) groups is 1. The molecular weight excluding hydrogens is 312 g/mol. The highest BCUT2D eigenvalue weighted by atomic mass is 16.3. The summed E-state index contributed by atoms with van der Waals surface area (Å²) in [5.41, 5.74) is 5.44. The van der Waals surface area contributed by atoms with Crippen LogP contribution in [0.3, 0.4) is 0 Å². The van der Waals surface area contributed by atoms with E-state index in [2.05, 4.69) is 12.2 Å². The summed E-state index contributed by atoms with van der Waals surface area (Å²) in [6.07, 6.45) is 23.0. The van der Waals surface area contributed by atoms with Gasteiger partial charge in [0.15, 0.2) is 0 Å². The molecule has 0 saturated carbocycles. The monoisotopic (exact) mass is 358 g/mol. The maximum atomic E-state index is 8.36. The second-order valence-electron chi connectivity index (χ2n) is 6.95. The van der Waals surface area contributed by atoms with Gasteiger partial charge >= 0.3 is 0 Å². The van der Waals surface area contributed by atoms with Crippen molar-refractivity contribution in [3.63, 3.8) is 0 Å². The Labute approximate surface area is 157 Å². The summed E-state index contributed by atoms with van der Waals surface area (Å²) in [4.78, 5) is 8.36. The number of nitrogens with one attached hydrogen (secondary N) is 1. The third kappa shape index (κ3) is 31.6. The zero-order valence-corrected chi connectivity index (χ0v) is 16.9. The Hall–Kier alpha value is -0.610. The molecule has 0 fully saturated rings. The maximum absolute atomic E-state index is 8.36. The Kier molecular flexibility index (Phi) is 30.0. The highest BCUT2D eigenvalue weighted by Gasteiger charge is 1.94. The van der Waals surface area contributed by atoms with Crippen molar-refractivity contribution in [1.29, 1.82) is 0 Å². The van der Waals surface area contributed by atoms with Crippen molar-refractivity contribution < 1.29 is 9.90 Å². The Morgan fingerprint density at radius 1 is 0.680 bits per heavy atom. The lowest BCUT2D eigenvalue weighted by Crippen LogP contribution is -2.23. The molecule has 0 saturated heterocycles. The summed E-state index contributed by atoms with van der Waals surface area (Å²) in [7, 11) is 0. The van der Waals surface area contributed by atoms with Crippen LogP contribution in [0.1, 0.15) is 110 Å². The van der Waals surface area contributed by atoms with E-state index in [0.717, 1.165) is 19.6 Å². The molecule has 0 heterocycles. The minimum atomic E-state index is -0.250. The quantitative estimate of drug-likeness (QED) is 0.210. The van der Waals surface area contributed by atoms with Crippen molar-refractivity contribution >= 4 is 6.47 Å².